The molecule has 0 aliphatic carbocycles. The van der Waals surface area contributed by atoms with E-state index < -0.39 is 0 Å². The van der Waals surface area contributed by atoms with Crippen LogP contribution in [0.5, 0.6) is 0 Å². The highest BCUT2D eigenvalue weighted by molar-refractivity contribution is 6.17. The third-order valence-corrected chi connectivity index (χ3v) is 5.77. The molecular formula is C22H25N5. The fourth-order valence-corrected chi connectivity index (χ4v) is 4.62. The van der Waals surface area contributed by atoms with Gasteiger partial charge in [-0.3, -0.25) is 19.6 Å². The van der Waals surface area contributed by atoms with E-state index in [2.05, 4.69) is 52.4 Å². The molecule has 27 heavy (non-hydrogen) atoms. The number of piperidine rings is 1. The molecule has 0 amide bonds. The Hall–Kier alpha value is -2.53. The SMILES string of the molecule is C[C@@H]1C[C@H](c2ccc(C3=NC3)c3ncccc23)CN(Cc2cnn(C)c2)C1. The van der Waals surface area contributed by atoms with Gasteiger partial charge in [0, 0.05) is 55.6 Å². The van der Waals surface area contributed by atoms with Gasteiger partial charge in [-0.05, 0) is 29.9 Å². The molecule has 2 aliphatic rings. The van der Waals surface area contributed by atoms with E-state index in [1.165, 1.54) is 34.2 Å². The number of likely N-dealkylation sites (tertiary alicyclic amines) is 1. The summed E-state index contributed by atoms with van der Waals surface area (Å²) in [6, 6.07) is 8.85. The van der Waals surface area contributed by atoms with Crippen molar-refractivity contribution >= 4 is 16.6 Å². The monoisotopic (exact) mass is 359 g/mol. The number of aliphatic imine (C=N–C) groups is 1. The average molecular weight is 359 g/mol. The number of aryl methyl sites for hydroxylation is 1. The minimum atomic E-state index is 0.535. The van der Waals surface area contributed by atoms with E-state index in [1.54, 1.807) is 0 Å². The molecule has 0 spiro atoms. The third-order valence-electron chi connectivity index (χ3n) is 5.77. The summed E-state index contributed by atoms with van der Waals surface area (Å²) >= 11 is 0. The average Bonchev–Trinajstić information content (AvgIpc) is 3.43. The molecule has 0 unspecified atom stereocenters. The van der Waals surface area contributed by atoms with E-state index in [1.807, 2.05) is 24.1 Å². The first-order chi connectivity index (χ1) is 13.2. The summed E-state index contributed by atoms with van der Waals surface area (Å²) in [6.45, 7) is 6.44. The van der Waals surface area contributed by atoms with E-state index in [0.717, 1.165) is 31.7 Å². The summed E-state index contributed by atoms with van der Waals surface area (Å²) in [5.74, 6) is 1.21. The molecule has 3 aromatic rings. The largest absolute Gasteiger partial charge is 0.298 e. The number of rotatable bonds is 4. The Morgan fingerprint density at radius 2 is 2.07 bits per heavy atom. The van der Waals surface area contributed by atoms with Crippen LogP contribution >= 0.6 is 0 Å². The van der Waals surface area contributed by atoms with Gasteiger partial charge >= 0.3 is 0 Å². The predicted molar refractivity (Wildman–Crippen MR) is 108 cm³/mol. The van der Waals surface area contributed by atoms with Crippen LogP contribution in [-0.2, 0) is 13.6 Å². The lowest BCUT2D eigenvalue weighted by Crippen LogP contribution is -2.38. The highest BCUT2D eigenvalue weighted by Crippen LogP contribution is 2.36. The third kappa shape index (κ3) is 3.28. The van der Waals surface area contributed by atoms with Crippen molar-refractivity contribution in [3.63, 3.8) is 0 Å². The lowest BCUT2D eigenvalue weighted by Gasteiger charge is -2.37. The van der Waals surface area contributed by atoms with Crippen LogP contribution in [-0.4, -0.2) is 45.0 Å². The van der Waals surface area contributed by atoms with Crippen molar-refractivity contribution in [1.29, 1.82) is 0 Å². The summed E-state index contributed by atoms with van der Waals surface area (Å²) < 4.78 is 1.89. The Bertz CT molecular complexity index is 1020. The van der Waals surface area contributed by atoms with E-state index in [4.69, 9.17) is 4.98 Å². The summed E-state index contributed by atoms with van der Waals surface area (Å²) in [5, 5.41) is 5.62. The van der Waals surface area contributed by atoms with Crippen LogP contribution in [0, 0.1) is 5.92 Å². The Balaban J connectivity index is 1.46. The topological polar surface area (TPSA) is 46.3 Å². The van der Waals surface area contributed by atoms with Gasteiger partial charge in [0.25, 0.3) is 0 Å². The van der Waals surface area contributed by atoms with Crippen molar-refractivity contribution in [1.82, 2.24) is 19.7 Å². The maximum absolute atomic E-state index is 4.70. The second-order valence-electron chi connectivity index (χ2n) is 8.12. The van der Waals surface area contributed by atoms with Gasteiger partial charge in [0.05, 0.1) is 24.0 Å². The molecular weight excluding hydrogens is 334 g/mol. The smallest absolute Gasteiger partial charge is 0.0818 e. The van der Waals surface area contributed by atoms with Gasteiger partial charge in [0.15, 0.2) is 0 Å². The standard InChI is InChI=1S/C22H25N5/c1-15-8-17(14-27(11-15)13-16-9-25-26(2)12-16)18-5-6-20(21-10-24-21)22-19(18)4-3-7-23-22/h3-7,9,12,15,17H,8,10-11,13-14H2,1-2H3/t15-,17+/m1/s1. The maximum atomic E-state index is 4.70. The first kappa shape index (κ1) is 16.6. The Morgan fingerprint density at radius 1 is 1.19 bits per heavy atom. The summed E-state index contributed by atoms with van der Waals surface area (Å²) in [4.78, 5) is 11.7. The van der Waals surface area contributed by atoms with Gasteiger partial charge in [-0.2, -0.15) is 5.10 Å². The van der Waals surface area contributed by atoms with Gasteiger partial charge < -0.3 is 0 Å². The minimum absolute atomic E-state index is 0.535. The molecule has 2 aromatic heterocycles. The lowest BCUT2D eigenvalue weighted by atomic mass is 9.83. The number of hydrogen-bond donors (Lipinski definition) is 0. The van der Waals surface area contributed by atoms with Gasteiger partial charge in [-0.1, -0.05) is 25.1 Å². The van der Waals surface area contributed by atoms with Crippen LogP contribution in [0.25, 0.3) is 10.9 Å². The normalized spacial score (nSPS) is 22.8. The molecule has 0 saturated carbocycles. The van der Waals surface area contributed by atoms with Crippen LogP contribution in [0.15, 0.2) is 47.8 Å². The number of pyridine rings is 1. The van der Waals surface area contributed by atoms with E-state index in [9.17, 15) is 0 Å². The van der Waals surface area contributed by atoms with Gasteiger partial charge in [0.2, 0.25) is 0 Å². The van der Waals surface area contributed by atoms with Crippen LogP contribution < -0.4 is 0 Å². The quantitative estimate of drug-likeness (QED) is 0.717. The van der Waals surface area contributed by atoms with Crippen LogP contribution in [0.3, 0.4) is 0 Å². The summed E-state index contributed by atoms with van der Waals surface area (Å²) in [6.07, 6.45) is 7.24. The van der Waals surface area contributed by atoms with Crippen molar-refractivity contribution in [3.8, 4) is 0 Å². The number of benzene rings is 1. The molecule has 0 bridgehead atoms. The second-order valence-corrected chi connectivity index (χ2v) is 8.12. The fraction of sp³-hybridized carbons (Fsp3) is 0.409. The van der Waals surface area contributed by atoms with E-state index in [-0.39, 0.29) is 0 Å². The molecule has 5 rings (SSSR count). The Morgan fingerprint density at radius 3 is 2.85 bits per heavy atom. The van der Waals surface area contributed by atoms with Gasteiger partial charge in [-0.25, -0.2) is 0 Å². The zero-order valence-electron chi connectivity index (χ0n) is 16.0. The Kier molecular flexibility index (Phi) is 4.05. The highest BCUT2D eigenvalue weighted by atomic mass is 15.2. The molecule has 0 radical (unpaired) electrons. The molecule has 1 aromatic carbocycles. The van der Waals surface area contributed by atoms with Crippen molar-refractivity contribution in [3.05, 3.63) is 59.5 Å². The number of hydrogen-bond acceptors (Lipinski definition) is 4. The molecule has 1 saturated heterocycles. The van der Waals surface area contributed by atoms with E-state index in [0.29, 0.717) is 11.8 Å². The highest BCUT2D eigenvalue weighted by Gasteiger charge is 2.28. The van der Waals surface area contributed by atoms with Crippen LogP contribution in [0.4, 0.5) is 0 Å². The molecule has 5 nitrogen and oxygen atoms in total. The van der Waals surface area contributed by atoms with Crippen molar-refractivity contribution in [2.45, 2.75) is 25.8 Å². The maximum Gasteiger partial charge on any atom is 0.0818 e. The number of fused-ring (bicyclic) bond motifs is 1. The van der Waals surface area contributed by atoms with Crippen LogP contribution in [0.1, 0.15) is 36.0 Å². The second kappa shape index (κ2) is 6.57. The number of aromatic nitrogens is 3. The zero-order chi connectivity index (χ0) is 18.4. The Labute approximate surface area is 159 Å². The molecule has 0 N–H and O–H groups in total. The zero-order valence-corrected chi connectivity index (χ0v) is 16.0. The summed E-state index contributed by atoms with van der Waals surface area (Å²) in [7, 11) is 1.98. The summed E-state index contributed by atoms with van der Waals surface area (Å²) in [5.41, 5.74) is 6.25. The predicted octanol–water partition coefficient (Wildman–Crippen LogP) is 3.40. The lowest BCUT2D eigenvalue weighted by molar-refractivity contribution is 0.157. The van der Waals surface area contributed by atoms with Crippen molar-refractivity contribution < 1.29 is 0 Å². The molecule has 5 heteroatoms. The minimum Gasteiger partial charge on any atom is -0.298 e. The van der Waals surface area contributed by atoms with E-state index >= 15 is 0 Å². The fourth-order valence-electron chi connectivity index (χ4n) is 4.62. The molecule has 4 heterocycles. The molecule has 138 valence electrons. The van der Waals surface area contributed by atoms with Crippen molar-refractivity contribution in [2.24, 2.45) is 18.0 Å². The first-order valence-corrected chi connectivity index (χ1v) is 9.78. The molecule has 1 fully saturated rings. The number of nitrogens with zero attached hydrogens (tertiary/aromatic N) is 5. The molecule has 2 atom stereocenters. The van der Waals surface area contributed by atoms with Crippen LogP contribution in [0.2, 0.25) is 0 Å². The van der Waals surface area contributed by atoms with Crippen molar-refractivity contribution in [2.75, 3.05) is 19.6 Å². The molecule has 2 aliphatic heterocycles. The van der Waals surface area contributed by atoms with Gasteiger partial charge in [-0.15, -0.1) is 0 Å². The van der Waals surface area contributed by atoms with Gasteiger partial charge in [0.1, 0.15) is 0 Å². The first-order valence-electron chi connectivity index (χ1n) is 9.78.